The summed E-state index contributed by atoms with van der Waals surface area (Å²) >= 11 is 0. The maximum absolute atomic E-state index is 11.5. The largest absolute Gasteiger partial charge is 0.449 e. The molecule has 0 spiro atoms. The van der Waals surface area contributed by atoms with Gasteiger partial charge in [0, 0.05) is 19.2 Å². The first-order chi connectivity index (χ1) is 7.75. The molecule has 0 saturated carbocycles. The average molecular weight is 221 g/mol. The highest BCUT2D eigenvalue weighted by atomic mass is 16.6. The van der Waals surface area contributed by atoms with E-state index in [2.05, 4.69) is 0 Å². The van der Waals surface area contributed by atoms with Crippen LogP contribution in [0.1, 0.15) is 12.8 Å². The minimum absolute atomic E-state index is 0.273. The van der Waals surface area contributed by atoms with E-state index in [9.17, 15) is 9.59 Å². The van der Waals surface area contributed by atoms with E-state index in [0.717, 1.165) is 12.0 Å². The highest BCUT2D eigenvalue weighted by molar-refractivity contribution is 5.86. The second kappa shape index (κ2) is 6.61. The van der Waals surface area contributed by atoms with E-state index in [1.807, 2.05) is 30.3 Å². The number of hydrogen-bond acceptors (Lipinski definition) is 3. The Hall–Kier alpha value is -1.84. The predicted molar refractivity (Wildman–Crippen MR) is 61.5 cm³/mol. The molecule has 0 radical (unpaired) electrons. The summed E-state index contributed by atoms with van der Waals surface area (Å²) in [5.74, 6) is 0. The molecule has 0 fully saturated rings. The van der Waals surface area contributed by atoms with Crippen molar-refractivity contribution in [3.05, 3.63) is 30.3 Å². The summed E-state index contributed by atoms with van der Waals surface area (Å²) in [5.41, 5.74) is 0.780. The first-order valence-electron chi connectivity index (χ1n) is 5.15. The van der Waals surface area contributed by atoms with Gasteiger partial charge in [0.2, 0.25) is 0 Å². The summed E-state index contributed by atoms with van der Waals surface area (Å²) in [5, 5.41) is 0. The van der Waals surface area contributed by atoms with E-state index in [1.165, 1.54) is 4.90 Å². The highest BCUT2D eigenvalue weighted by Gasteiger charge is 2.10. The number of aldehydes is 1. The molecule has 16 heavy (non-hydrogen) atoms. The number of rotatable bonds is 5. The smallest absolute Gasteiger partial charge is 0.414 e. The number of benzene rings is 1. The fourth-order valence-corrected chi connectivity index (χ4v) is 1.18. The molecule has 0 saturated heterocycles. The molecule has 0 atom stereocenters. The number of hydrogen-bond donors (Lipinski definition) is 0. The zero-order valence-corrected chi connectivity index (χ0v) is 9.26. The Labute approximate surface area is 94.8 Å². The number of amides is 1. The van der Waals surface area contributed by atoms with Gasteiger partial charge in [0.25, 0.3) is 0 Å². The lowest BCUT2D eigenvalue weighted by Crippen LogP contribution is -2.27. The first kappa shape index (κ1) is 12.2. The molecule has 0 heterocycles. The third-order valence-corrected chi connectivity index (χ3v) is 2.11. The van der Waals surface area contributed by atoms with Crippen LogP contribution in [0.4, 0.5) is 10.5 Å². The maximum Gasteiger partial charge on any atom is 0.414 e. The van der Waals surface area contributed by atoms with Crippen molar-refractivity contribution in [2.45, 2.75) is 12.8 Å². The van der Waals surface area contributed by atoms with Crippen LogP contribution in [0.5, 0.6) is 0 Å². The Bertz CT molecular complexity index is 337. The van der Waals surface area contributed by atoms with Gasteiger partial charge in [-0.3, -0.25) is 4.90 Å². The zero-order valence-electron chi connectivity index (χ0n) is 9.26. The lowest BCUT2D eigenvalue weighted by atomic mass is 10.3. The van der Waals surface area contributed by atoms with E-state index in [-0.39, 0.29) is 6.61 Å². The summed E-state index contributed by atoms with van der Waals surface area (Å²) in [4.78, 5) is 23.0. The van der Waals surface area contributed by atoms with Crippen molar-refractivity contribution < 1.29 is 14.3 Å². The van der Waals surface area contributed by atoms with Crippen LogP contribution in [0.3, 0.4) is 0 Å². The monoisotopic (exact) mass is 221 g/mol. The molecule has 0 aliphatic heterocycles. The number of ether oxygens (including phenoxy) is 1. The SMILES string of the molecule is CN(C(=O)OCCCC=O)c1ccccc1. The van der Waals surface area contributed by atoms with Crippen LogP contribution in [-0.4, -0.2) is 26.0 Å². The van der Waals surface area contributed by atoms with Crippen molar-refractivity contribution in [1.82, 2.24) is 0 Å². The fourth-order valence-electron chi connectivity index (χ4n) is 1.18. The average Bonchev–Trinajstić information content (AvgIpc) is 2.34. The third kappa shape index (κ3) is 3.73. The summed E-state index contributed by atoms with van der Waals surface area (Å²) in [6, 6.07) is 9.24. The molecular weight excluding hydrogens is 206 g/mol. The first-order valence-corrected chi connectivity index (χ1v) is 5.15. The van der Waals surface area contributed by atoms with Crippen molar-refractivity contribution in [2.75, 3.05) is 18.6 Å². The van der Waals surface area contributed by atoms with Crippen LogP contribution in [0.2, 0.25) is 0 Å². The van der Waals surface area contributed by atoms with Gasteiger partial charge in [-0.1, -0.05) is 18.2 Å². The predicted octanol–water partition coefficient (Wildman–Crippen LogP) is 2.24. The van der Waals surface area contributed by atoms with Gasteiger partial charge in [0.15, 0.2) is 0 Å². The molecule has 0 aromatic heterocycles. The molecule has 0 aliphatic carbocycles. The van der Waals surface area contributed by atoms with E-state index >= 15 is 0 Å². The number of unbranched alkanes of at least 4 members (excludes halogenated alkanes) is 1. The van der Waals surface area contributed by atoms with Crippen molar-refractivity contribution in [3.63, 3.8) is 0 Å². The minimum Gasteiger partial charge on any atom is -0.449 e. The van der Waals surface area contributed by atoms with Gasteiger partial charge in [-0.25, -0.2) is 4.79 Å². The second-order valence-corrected chi connectivity index (χ2v) is 3.32. The number of nitrogens with zero attached hydrogens (tertiary/aromatic N) is 1. The molecule has 86 valence electrons. The third-order valence-electron chi connectivity index (χ3n) is 2.11. The van der Waals surface area contributed by atoms with E-state index in [4.69, 9.17) is 4.74 Å². The Kier molecular flexibility index (Phi) is 5.05. The maximum atomic E-state index is 11.5. The second-order valence-electron chi connectivity index (χ2n) is 3.32. The van der Waals surface area contributed by atoms with E-state index < -0.39 is 6.09 Å². The van der Waals surface area contributed by atoms with Gasteiger partial charge >= 0.3 is 6.09 Å². The van der Waals surface area contributed by atoms with Gasteiger partial charge in [-0.15, -0.1) is 0 Å². The molecule has 0 N–H and O–H groups in total. The number of carbonyl (C=O) groups excluding carboxylic acids is 2. The molecule has 1 aromatic carbocycles. The van der Waals surface area contributed by atoms with Crippen LogP contribution in [0.15, 0.2) is 30.3 Å². The normalized spacial score (nSPS) is 9.56. The van der Waals surface area contributed by atoms with E-state index in [0.29, 0.717) is 12.8 Å². The van der Waals surface area contributed by atoms with Crippen LogP contribution < -0.4 is 4.90 Å². The van der Waals surface area contributed by atoms with Gasteiger partial charge < -0.3 is 9.53 Å². The quantitative estimate of drug-likeness (QED) is 0.566. The van der Waals surface area contributed by atoms with Crippen LogP contribution in [0, 0.1) is 0 Å². The molecule has 4 nitrogen and oxygen atoms in total. The molecule has 4 heteroatoms. The Morgan fingerprint density at radius 1 is 1.38 bits per heavy atom. The summed E-state index contributed by atoms with van der Waals surface area (Å²) in [6.45, 7) is 0.273. The topological polar surface area (TPSA) is 46.6 Å². The van der Waals surface area contributed by atoms with Crippen LogP contribution in [0.25, 0.3) is 0 Å². The van der Waals surface area contributed by atoms with Gasteiger partial charge in [0.1, 0.15) is 6.29 Å². The van der Waals surface area contributed by atoms with Gasteiger partial charge in [-0.05, 0) is 18.6 Å². The Balaban J connectivity index is 2.39. The van der Waals surface area contributed by atoms with Gasteiger partial charge in [-0.2, -0.15) is 0 Å². The Morgan fingerprint density at radius 2 is 2.06 bits per heavy atom. The van der Waals surface area contributed by atoms with Crippen LogP contribution in [-0.2, 0) is 9.53 Å². The summed E-state index contributed by atoms with van der Waals surface area (Å²) in [7, 11) is 1.65. The Morgan fingerprint density at radius 3 is 2.69 bits per heavy atom. The van der Waals surface area contributed by atoms with Crippen molar-refractivity contribution >= 4 is 18.1 Å². The molecule has 0 unspecified atom stereocenters. The molecule has 0 bridgehead atoms. The summed E-state index contributed by atoms with van der Waals surface area (Å²) in [6.07, 6.45) is 1.40. The van der Waals surface area contributed by atoms with Crippen molar-refractivity contribution in [2.24, 2.45) is 0 Å². The lowest BCUT2D eigenvalue weighted by Gasteiger charge is -2.16. The summed E-state index contributed by atoms with van der Waals surface area (Å²) < 4.78 is 4.99. The number of carbonyl (C=O) groups is 2. The molecule has 1 amide bonds. The minimum atomic E-state index is -0.405. The standard InChI is InChI=1S/C12H15NO3/c1-13(11-7-3-2-4-8-11)12(15)16-10-6-5-9-14/h2-4,7-9H,5-6,10H2,1H3. The van der Waals surface area contributed by atoms with E-state index in [1.54, 1.807) is 7.05 Å². The van der Waals surface area contributed by atoms with Gasteiger partial charge in [0.05, 0.1) is 6.61 Å². The fraction of sp³-hybridized carbons (Fsp3) is 0.333. The van der Waals surface area contributed by atoms with Crippen molar-refractivity contribution in [1.29, 1.82) is 0 Å². The number of anilines is 1. The molecular formula is C12H15NO3. The zero-order chi connectivity index (χ0) is 11.8. The molecule has 0 aliphatic rings. The molecule has 1 rings (SSSR count). The number of para-hydroxylation sites is 1. The molecule has 1 aromatic rings. The van der Waals surface area contributed by atoms with Crippen LogP contribution >= 0.6 is 0 Å². The highest BCUT2D eigenvalue weighted by Crippen LogP contribution is 2.11. The lowest BCUT2D eigenvalue weighted by molar-refractivity contribution is -0.108. The van der Waals surface area contributed by atoms with Crippen molar-refractivity contribution in [3.8, 4) is 0 Å².